The van der Waals surface area contributed by atoms with Crippen LogP contribution in [0.4, 0.5) is 5.69 Å². The van der Waals surface area contributed by atoms with Crippen molar-refractivity contribution in [1.29, 1.82) is 5.41 Å². The number of hydrogen-bond donors (Lipinski definition) is 3. The highest BCUT2D eigenvalue weighted by atomic mass is 32.2. The Hall–Kier alpha value is -3.52. The van der Waals surface area contributed by atoms with Gasteiger partial charge in [-0.3, -0.25) is 4.79 Å². The molecule has 0 spiro atoms. The molecule has 1 fully saturated rings. The van der Waals surface area contributed by atoms with Crippen molar-refractivity contribution in [2.75, 3.05) is 32.1 Å². The van der Waals surface area contributed by atoms with Gasteiger partial charge in [-0.15, -0.1) is 10.1 Å². The molecule has 0 amide bonds. The Labute approximate surface area is 195 Å². The van der Waals surface area contributed by atoms with Gasteiger partial charge in [0.05, 0.1) is 22.8 Å². The molecule has 2 heterocycles. The third-order valence-electron chi connectivity index (χ3n) is 5.15. The maximum atomic E-state index is 13.0. The quantitative estimate of drug-likeness (QED) is 0.237. The van der Waals surface area contributed by atoms with E-state index in [-0.39, 0.29) is 53.1 Å². The molecule has 3 rings (SSSR count). The second-order valence-electron chi connectivity index (χ2n) is 7.48. The van der Waals surface area contributed by atoms with Gasteiger partial charge in [0.2, 0.25) is 10.0 Å². The zero-order chi connectivity index (χ0) is 25.0. The van der Waals surface area contributed by atoms with E-state index in [1.807, 2.05) is 6.92 Å². The first-order chi connectivity index (χ1) is 16.1. The standard InChI is InChI=1S/C20H26N6O7S/c1-4-6-15(21)17-18(22-3)20(27)24-19(23-17)14-9-13(7-8-16(14)32-5-2)34(30,31)25-10-12(11-25)33-26(28)29/h7-9,12,21-22H,4-6,10-11H2,1-3H3,(H,23,24,27). The Morgan fingerprint density at radius 1 is 1.38 bits per heavy atom. The summed E-state index contributed by atoms with van der Waals surface area (Å²) in [7, 11) is -2.44. The Balaban J connectivity index is 2.06. The summed E-state index contributed by atoms with van der Waals surface area (Å²) < 4.78 is 32.8. The van der Waals surface area contributed by atoms with E-state index in [1.54, 1.807) is 14.0 Å². The molecule has 14 heteroatoms. The predicted molar refractivity (Wildman–Crippen MR) is 123 cm³/mol. The molecule has 13 nitrogen and oxygen atoms in total. The number of nitrogens with one attached hydrogen (secondary N) is 3. The fraction of sp³-hybridized carbons (Fsp3) is 0.450. The third kappa shape index (κ3) is 5.02. The van der Waals surface area contributed by atoms with Crippen molar-refractivity contribution in [3.63, 3.8) is 0 Å². The fourth-order valence-electron chi connectivity index (χ4n) is 3.49. The highest BCUT2D eigenvalue weighted by Gasteiger charge is 2.39. The Morgan fingerprint density at radius 2 is 2.09 bits per heavy atom. The first-order valence-electron chi connectivity index (χ1n) is 10.6. The van der Waals surface area contributed by atoms with Crippen LogP contribution in [0.5, 0.6) is 5.75 Å². The third-order valence-corrected chi connectivity index (χ3v) is 6.98. The van der Waals surface area contributed by atoms with Crippen LogP contribution in [0.1, 0.15) is 32.4 Å². The van der Waals surface area contributed by atoms with Gasteiger partial charge in [0.25, 0.3) is 10.6 Å². The van der Waals surface area contributed by atoms with Crippen LogP contribution in [-0.2, 0) is 14.9 Å². The zero-order valence-corrected chi connectivity index (χ0v) is 19.8. The van der Waals surface area contributed by atoms with Crippen LogP contribution in [0.2, 0.25) is 0 Å². The van der Waals surface area contributed by atoms with Crippen LogP contribution >= 0.6 is 0 Å². The maximum absolute atomic E-state index is 13.0. The summed E-state index contributed by atoms with van der Waals surface area (Å²) in [5.74, 6) is 0.353. The molecule has 2 aromatic rings. The molecule has 1 aliphatic rings. The molecule has 0 atom stereocenters. The van der Waals surface area contributed by atoms with Gasteiger partial charge in [-0.2, -0.15) is 4.31 Å². The van der Waals surface area contributed by atoms with Crippen molar-refractivity contribution in [1.82, 2.24) is 14.3 Å². The van der Waals surface area contributed by atoms with Crippen molar-refractivity contribution >= 4 is 21.4 Å². The molecule has 3 N–H and O–H groups in total. The number of aromatic amines is 1. The van der Waals surface area contributed by atoms with Crippen molar-refractivity contribution in [2.45, 2.75) is 37.7 Å². The second kappa shape index (κ2) is 10.2. The highest BCUT2D eigenvalue weighted by Crippen LogP contribution is 2.33. The zero-order valence-electron chi connectivity index (χ0n) is 19.0. The lowest BCUT2D eigenvalue weighted by Gasteiger charge is -2.36. The number of aromatic nitrogens is 2. The van der Waals surface area contributed by atoms with E-state index < -0.39 is 26.8 Å². The van der Waals surface area contributed by atoms with Gasteiger partial charge in [0.1, 0.15) is 29.1 Å². The lowest BCUT2D eigenvalue weighted by atomic mass is 10.1. The van der Waals surface area contributed by atoms with Crippen LogP contribution < -0.4 is 15.6 Å². The molecule has 184 valence electrons. The van der Waals surface area contributed by atoms with E-state index in [0.29, 0.717) is 18.6 Å². The molecular formula is C20H26N6O7S. The minimum absolute atomic E-state index is 0.0542. The van der Waals surface area contributed by atoms with E-state index in [4.69, 9.17) is 10.1 Å². The van der Waals surface area contributed by atoms with E-state index in [9.17, 15) is 23.3 Å². The summed E-state index contributed by atoms with van der Waals surface area (Å²) in [5, 5.41) is 20.6. The molecule has 0 bridgehead atoms. The summed E-state index contributed by atoms with van der Waals surface area (Å²) in [6, 6.07) is 4.14. The second-order valence-corrected chi connectivity index (χ2v) is 9.42. The van der Waals surface area contributed by atoms with Crippen molar-refractivity contribution in [3.8, 4) is 17.1 Å². The lowest BCUT2D eigenvalue weighted by Crippen LogP contribution is -2.55. The molecule has 0 aliphatic carbocycles. The summed E-state index contributed by atoms with van der Waals surface area (Å²) >= 11 is 0. The molecule has 0 saturated carbocycles. The van der Waals surface area contributed by atoms with Crippen LogP contribution in [0, 0.1) is 15.5 Å². The molecule has 1 aromatic heterocycles. The number of nitrogens with zero attached hydrogens (tertiary/aromatic N) is 3. The summed E-state index contributed by atoms with van der Waals surface area (Å²) in [6.45, 7) is 3.63. The van der Waals surface area contributed by atoms with Crippen molar-refractivity contribution in [3.05, 3.63) is 44.4 Å². The highest BCUT2D eigenvalue weighted by molar-refractivity contribution is 7.89. The number of rotatable bonds is 11. The molecule has 1 aliphatic heterocycles. The number of H-pyrrole nitrogens is 1. The normalized spacial score (nSPS) is 14.3. The Kier molecular flexibility index (Phi) is 7.51. The first-order valence-corrected chi connectivity index (χ1v) is 12.0. The number of ether oxygens (including phenoxy) is 1. The average molecular weight is 495 g/mol. The summed E-state index contributed by atoms with van der Waals surface area (Å²) in [5.41, 5.74) is 0.189. The molecule has 1 saturated heterocycles. The molecule has 34 heavy (non-hydrogen) atoms. The molecule has 0 unspecified atom stereocenters. The number of anilines is 1. The maximum Gasteiger partial charge on any atom is 0.294 e. The van der Waals surface area contributed by atoms with Crippen LogP contribution in [-0.4, -0.2) is 66.3 Å². The van der Waals surface area contributed by atoms with Crippen molar-refractivity contribution in [2.24, 2.45) is 0 Å². The van der Waals surface area contributed by atoms with Crippen LogP contribution in [0.3, 0.4) is 0 Å². The van der Waals surface area contributed by atoms with Gasteiger partial charge in [-0.05, 0) is 31.5 Å². The number of benzene rings is 1. The molecular weight excluding hydrogens is 468 g/mol. The van der Waals surface area contributed by atoms with Gasteiger partial charge in [-0.1, -0.05) is 13.3 Å². The monoisotopic (exact) mass is 494 g/mol. The lowest BCUT2D eigenvalue weighted by molar-refractivity contribution is -0.771. The van der Waals surface area contributed by atoms with Crippen LogP contribution in [0.15, 0.2) is 27.9 Å². The molecule has 1 aromatic carbocycles. The number of sulfonamides is 1. The topological polar surface area (TPSA) is 181 Å². The minimum atomic E-state index is -3.99. The van der Waals surface area contributed by atoms with E-state index >= 15 is 0 Å². The van der Waals surface area contributed by atoms with Gasteiger partial charge in [0, 0.05) is 20.1 Å². The molecule has 0 radical (unpaired) electrons. The number of hydrogen-bond acceptors (Lipinski definition) is 10. The average Bonchev–Trinajstić information content (AvgIpc) is 2.75. The first kappa shape index (κ1) is 25.1. The summed E-state index contributed by atoms with van der Waals surface area (Å²) in [4.78, 5) is 34.6. The SMILES string of the molecule is CCCC(=N)c1nc(-c2cc(S(=O)(=O)N3CC(O[N+](=O)[O-])C3)ccc2OCC)[nH]c(=O)c1NC. The van der Waals surface area contributed by atoms with Crippen LogP contribution in [0.25, 0.3) is 11.4 Å². The van der Waals surface area contributed by atoms with Gasteiger partial charge < -0.3 is 25.3 Å². The Bertz CT molecular complexity index is 1250. The van der Waals surface area contributed by atoms with E-state index in [1.165, 1.54) is 18.2 Å². The van der Waals surface area contributed by atoms with Gasteiger partial charge in [-0.25, -0.2) is 13.4 Å². The van der Waals surface area contributed by atoms with Gasteiger partial charge >= 0.3 is 0 Å². The smallest absolute Gasteiger partial charge is 0.294 e. The fourth-order valence-corrected chi connectivity index (χ4v) is 5.02. The van der Waals surface area contributed by atoms with E-state index in [2.05, 4.69) is 20.1 Å². The Morgan fingerprint density at radius 3 is 2.68 bits per heavy atom. The van der Waals surface area contributed by atoms with Crippen molar-refractivity contribution < 1.29 is 23.1 Å². The van der Waals surface area contributed by atoms with E-state index in [0.717, 1.165) is 4.31 Å². The summed E-state index contributed by atoms with van der Waals surface area (Å²) in [6.07, 6.45) is 0.256. The predicted octanol–water partition coefficient (Wildman–Crippen LogP) is 1.63. The van der Waals surface area contributed by atoms with Gasteiger partial charge in [0.15, 0.2) is 0 Å². The minimum Gasteiger partial charge on any atom is -0.493 e. The largest absolute Gasteiger partial charge is 0.493 e.